The van der Waals surface area contributed by atoms with Gasteiger partial charge in [0.2, 0.25) is 0 Å². The Labute approximate surface area is 107 Å². The first-order chi connectivity index (χ1) is 8.81. The van der Waals surface area contributed by atoms with Gasteiger partial charge in [0.25, 0.3) is 5.91 Å². The van der Waals surface area contributed by atoms with Crippen molar-refractivity contribution < 1.29 is 4.79 Å². The fraction of sp³-hybridized carbons (Fsp3) is 0.500. The number of aromatic nitrogens is 1. The van der Waals surface area contributed by atoms with Gasteiger partial charge in [-0.15, -0.1) is 0 Å². The highest BCUT2D eigenvalue weighted by Crippen LogP contribution is 2.11. The van der Waals surface area contributed by atoms with Crippen LogP contribution in [0.5, 0.6) is 0 Å². The molecule has 1 aromatic rings. The molecule has 2 heterocycles. The average Bonchev–Trinajstić information content (AvgIpc) is 2.91. The van der Waals surface area contributed by atoms with Crippen LogP contribution in [0, 0.1) is 0 Å². The van der Waals surface area contributed by atoms with Crippen molar-refractivity contribution in [2.75, 3.05) is 31.6 Å². The minimum atomic E-state index is -0.121. The smallest absolute Gasteiger partial charge is 0.253 e. The van der Waals surface area contributed by atoms with E-state index < -0.39 is 0 Å². The van der Waals surface area contributed by atoms with E-state index in [0.717, 1.165) is 19.6 Å². The topological polar surface area (TPSA) is 83.3 Å². The predicted octanol–water partition coefficient (Wildman–Crippen LogP) is 0.193. The number of likely N-dealkylation sites (tertiary alicyclic amines) is 1. The molecule has 1 aliphatic rings. The number of nitrogens with zero attached hydrogens (tertiary/aromatic N) is 2. The number of hydrazine groups is 1. The lowest BCUT2D eigenvalue weighted by atomic mass is 10.2. The number of hydrogen-bond donors (Lipinski definition) is 3. The first-order valence-electron chi connectivity index (χ1n) is 6.22. The zero-order valence-electron chi connectivity index (χ0n) is 10.4. The van der Waals surface area contributed by atoms with E-state index in [1.54, 1.807) is 12.3 Å². The second-order valence-electron chi connectivity index (χ2n) is 4.37. The molecule has 0 unspecified atom stereocenters. The number of nitrogens with two attached hydrogens (primary N) is 1. The van der Waals surface area contributed by atoms with Crippen LogP contribution in [0.1, 0.15) is 23.2 Å². The Bertz CT molecular complexity index is 403. The molecule has 0 aromatic carbocycles. The molecule has 1 aliphatic heterocycles. The van der Waals surface area contributed by atoms with Crippen LogP contribution in [-0.4, -0.2) is 42.0 Å². The van der Waals surface area contributed by atoms with Gasteiger partial charge >= 0.3 is 0 Å². The standard InChI is InChI=1S/C12H19N5O/c13-16-11-9-14-4-3-10(11)12(18)15-5-8-17-6-1-2-7-17/h3-4,9,16H,1-2,5-8,13H2,(H,15,18). The molecule has 4 N–H and O–H groups in total. The second-order valence-corrected chi connectivity index (χ2v) is 4.37. The second kappa shape index (κ2) is 6.32. The molecule has 1 fully saturated rings. The summed E-state index contributed by atoms with van der Waals surface area (Å²) in [4.78, 5) is 18.2. The van der Waals surface area contributed by atoms with E-state index in [1.165, 1.54) is 19.0 Å². The molecule has 0 spiro atoms. The molecule has 6 nitrogen and oxygen atoms in total. The normalized spacial score (nSPS) is 15.6. The summed E-state index contributed by atoms with van der Waals surface area (Å²) >= 11 is 0. The lowest BCUT2D eigenvalue weighted by Gasteiger charge is -2.15. The minimum absolute atomic E-state index is 0.121. The molecule has 2 rings (SSSR count). The van der Waals surface area contributed by atoms with Crippen molar-refractivity contribution in [3.8, 4) is 0 Å². The van der Waals surface area contributed by atoms with Gasteiger partial charge in [-0.25, -0.2) is 0 Å². The maximum atomic E-state index is 11.9. The van der Waals surface area contributed by atoms with Crippen LogP contribution in [0.4, 0.5) is 5.69 Å². The number of carbonyl (C=O) groups excluding carboxylic acids is 1. The largest absolute Gasteiger partial charge is 0.351 e. The molecule has 1 amide bonds. The fourth-order valence-electron chi connectivity index (χ4n) is 2.14. The molecule has 1 aromatic heterocycles. The lowest BCUT2D eigenvalue weighted by Crippen LogP contribution is -2.34. The summed E-state index contributed by atoms with van der Waals surface area (Å²) in [6.45, 7) is 3.84. The molecule has 6 heteroatoms. The van der Waals surface area contributed by atoms with Crippen LogP contribution in [0.3, 0.4) is 0 Å². The Morgan fingerprint density at radius 1 is 1.44 bits per heavy atom. The third kappa shape index (κ3) is 3.18. The summed E-state index contributed by atoms with van der Waals surface area (Å²) in [5, 5.41) is 2.90. The molecular weight excluding hydrogens is 230 g/mol. The fourth-order valence-corrected chi connectivity index (χ4v) is 2.14. The van der Waals surface area contributed by atoms with Gasteiger partial charge in [-0.2, -0.15) is 0 Å². The number of hydrogen-bond acceptors (Lipinski definition) is 5. The van der Waals surface area contributed by atoms with Crippen LogP contribution in [0.25, 0.3) is 0 Å². The van der Waals surface area contributed by atoms with Crippen LogP contribution < -0.4 is 16.6 Å². The highest BCUT2D eigenvalue weighted by Gasteiger charge is 2.13. The van der Waals surface area contributed by atoms with Gasteiger partial charge in [-0.3, -0.25) is 15.6 Å². The van der Waals surface area contributed by atoms with Crippen molar-refractivity contribution in [3.05, 3.63) is 24.0 Å². The number of nitrogen functional groups attached to an aromatic ring is 1. The molecule has 98 valence electrons. The Balaban J connectivity index is 1.83. The Morgan fingerprint density at radius 3 is 2.94 bits per heavy atom. The van der Waals surface area contributed by atoms with Crippen molar-refractivity contribution in [1.82, 2.24) is 15.2 Å². The van der Waals surface area contributed by atoms with Gasteiger partial charge in [0.1, 0.15) is 0 Å². The van der Waals surface area contributed by atoms with Gasteiger partial charge in [-0.05, 0) is 32.0 Å². The summed E-state index contributed by atoms with van der Waals surface area (Å²) in [6.07, 6.45) is 5.64. The summed E-state index contributed by atoms with van der Waals surface area (Å²) in [5.74, 6) is 5.22. The first-order valence-corrected chi connectivity index (χ1v) is 6.22. The van der Waals surface area contributed by atoms with Crippen molar-refractivity contribution in [2.45, 2.75) is 12.8 Å². The zero-order valence-corrected chi connectivity index (χ0v) is 10.4. The van der Waals surface area contributed by atoms with E-state index in [1.807, 2.05) is 0 Å². The molecule has 1 saturated heterocycles. The highest BCUT2D eigenvalue weighted by molar-refractivity contribution is 5.99. The number of pyridine rings is 1. The number of amides is 1. The summed E-state index contributed by atoms with van der Waals surface area (Å²) < 4.78 is 0. The Morgan fingerprint density at radius 2 is 2.22 bits per heavy atom. The molecule has 0 aliphatic carbocycles. The van der Waals surface area contributed by atoms with Crippen molar-refractivity contribution in [2.24, 2.45) is 5.84 Å². The molecule has 0 radical (unpaired) electrons. The summed E-state index contributed by atoms with van der Waals surface area (Å²) in [7, 11) is 0. The molecule has 18 heavy (non-hydrogen) atoms. The van der Waals surface area contributed by atoms with Gasteiger partial charge in [-0.1, -0.05) is 0 Å². The van der Waals surface area contributed by atoms with E-state index in [2.05, 4.69) is 20.6 Å². The molecule has 0 bridgehead atoms. The molecular formula is C12H19N5O. The third-order valence-electron chi connectivity index (χ3n) is 3.13. The van der Waals surface area contributed by atoms with Gasteiger partial charge < -0.3 is 15.6 Å². The summed E-state index contributed by atoms with van der Waals surface area (Å²) in [5.41, 5.74) is 3.53. The predicted molar refractivity (Wildman–Crippen MR) is 70.1 cm³/mol. The van der Waals surface area contributed by atoms with Crippen molar-refractivity contribution in [1.29, 1.82) is 0 Å². The van der Waals surface area contributed by atoms with E-state index in [4.69, 9.17) is 5.84 Å². The molecule has 0 atom stereocenters. The number of anilines is 1. The zero-order chi connectivity index (χ0) is 12.8. The van der Waals surface area contributed by atoms with Gasteiger partial charge in [0.15, 0.2) is 0 Å². The SMILES string of the molecule is NNc1cnccc1C(=O)NCCN1CCCC1. The van der Waals surface area contributed by atoms with Crippen LogP contribution in [0.15, 0.2) is 18.5 Å². The monoisotopic (exact) mass is 249 g/mol. The summed E-state index contributed by atoms with van der Waals surface area (Å²) in [6, 6.07) is 1.65. The quantitative estimate of drug-likeness (QED) is 0.512. The van der Waals surface area contributed by atoms with Gasteiger partial charge in [0.05, 0.1) is 17.4 Å². The Kier molecular flexibility index (Phi) is 4.49. The number of nitrogens with one attached hydrogen (secondary N) is 2. The van der Waals surface area contributed by atoms with E-state index in [9.17, 15) is 4.79 Å². The van der Waals surface area contributed by atoms with Gasteiger partial charge in [0, 0.05) is 19.3 Å². The molecule has 0 saturated carbocycles. The maximum Gasteiger partial charge on any atom is 0.253 e. The Hall–Kier alpha value is -1.66. The minimum Gasteiger partial charge on any atom is -0.351 e. The van der Waals surface area contributed by atoms with Crippen molar-refractivity contribution >= 4 is 11.6 Å². The van der Waals surface area contributed by atoms with E-state index in [0.29, 0.717) is 17.8 Å². The average molecular weight is 249 g/mol. The van der Waals surface area contributed by atoms with E-state index >= 15 is 0 Å². The maximum absolute atomic E-state index is 11.9. The number of carbonyl (C=O) groups is 1. The first kappa shape index (κ1) is 12.8. The van der Waals surface area contributed by atoms with E-state index in [-0.39, 0.29) is 5.91 Å². The lowest BCUT2D eigenvalue weighted by molar-refractivity contribution is 0.0950. The number of rotatable bonds is 5. The van der Waals surface area contributed by atoms with Crippen molar-refractivity contribution in [3.63, 3.8) is 0 Å². The van der Waals surface area contributed by atoms with Crippen LogP contribution in [0.2, 0.25) is 0 Å². The van der Waals surface area contributed by atoms with Crippen LogP contribution >= 0.6 is 0 Å². The third-order valence-corrected chi connectivity index (χ3v) is 3.13. The van der Waals surface area contributed by atoms with Crippen LogP contribution in [-0.2, 0) is 0 Å². The highest BCUT2D eigenvalue weighted by atomic mass is 16.1.